The molecule has 2 atom stereocenters. The zero-order valence-electron chi connectivity index (χ0n) is 11.1. The zero-order chi connectivity index (χ0) is 14.0. The van der Waals surface area contributed by atoms with Gasteiger partial charge in [0.05, 0.1) is 22.7 Å². The van der Waals surface area contributed by atoms with E-state index in [9.17, 15) is 8.42 Å². The summed E-state index contributed by atoms with van der Waals surface area (Å²) in [6.45, 7) is 2.22. The molecule has 0 saturated heterocycles. The maximum Gasteiger partial charge on any atom is 0.229 e. The molecule has 0 aliphatic heterocycles. The highest BCUT2D eigenvalue weighted by molar-refractivity contribution is 7.92. The van der Waals surface area contributed by atoms with Crippen LogP contribution in [0.25, 0.3) is 0 Å². The van der Waals surface area contributed by atoms with E-state index in [1.165, 1.54) is 12.8 Å². The lowest BCUT2D eigenvalue weighted by atomic mass is 10.1. The molecule has 106 valence electrons. The molecule has 0 amide bonds. The monoisotopic (exact) mass is 302 g/mol. The third-order valence-electron chi connectivity index (χ3n) is 3.47. The lowest BCUT2D eigenvalue weighted by Crippen LogP contribution is -2.22. The first kappa shape index (κ1) is 14.5. The van der Waals surface area contributed by atoms with Crippen molar-refractivity contribution in [2.24, 2.45) is 5.92 Å². The molecule has 0 spiro atoms. The highest BCUT2D eigenvalue weighted by atomic mass is 35.5. The quantitative estimate of drug-likeness (QED) is 0.897. The molecule has 1 aliphatic carbocycles. The number of anilines is 2. The molecule has 0 heterocycles. The summed E-state index contributed by atoms with van der Waals surface area (Å²) in [7, 11) is -3.27. The topological polar surface area (TPSA) is 58.2 Å². The van der Waals surface area contributed by atoms with Gasteiger partial charge in [0.15, 0.2) is 0 Å². The Morgan fingerprint density at radius 2 is 2.05 bits per heavy atom. The van der Waals surface area contributed by atoms with Crippen LogP contribution in [0, 0.1) is 5.92 Å². The minimum atomic E-state index is -3.27. The molecule has 4 nitrogen and oxygen atoms in total. The lowest BCUT2D eigenvalue weighted by Gasteiger charge is -2.20. The summed E-state index contributed by atoms with van der Waals surface area (Å²) < 4.78 is 24.9. The summed E-state index contributed by atoms with van der Waals surface area (Å²) in [5.41, 5.74) is 1.31. The first-order valence-electron chi connectivity index (χ1n) is 6.39. The van der Waals surface area contributed by atoms with Crippen LogP contribution in [0.15, 0.2) is 18.2 Å². The van der Waals surface area contributed by atoms with E-state index < -0.39 is 10.0 Å². The van der Waals surface area contributed by atoms with Crippen LogP contribution in [0.3, 0.4) is 0 Å². The maximum absolute atomic E-state index is 11.2. The van der Waals surface area contributed by atoms with E-state index in [1.807, 2.05) is 0 Å². The Kier molecular flexibility index (Phi) is 4.26. The van der Waals surface area contributed by atoms with Crippen LogP contribution in [-0.2, 0) is 10.0 Å². The Hall–Kier alpha value is -0.940. The lowest BCUT2D eigenvalue weighted by molar-refractivity contribution is 0.556. The Labute approximate surface area is 119 Å². The molecule has 1 aromatic carbocycles. The molecule has 1 saturated carbocycles. The van der Waals surface area contributed by atoms with Crippen molar-refractivity contribution in [1.29, 1.82) is 0 Å². The van der Waals surface area contributed by atoms with E-state index in [0.717, 1.165) is 18.4 Å². The fourth-order valence-corrected chi connectivity index (χ4v) is 3.20. The number of hydrogen-bond acceptors (Lipinski definition) is 3. The van der Waals surface area contributed by atoms with Crippen molar-refractivity contribution in [3.63, 3.8) is 0 Å². The average molecular weight is 303 g/mol. The van der Waals surface area contributed by atoms with Crippen LogP contribution in [0.1, 0.15) is 26.2 Å². The number of benzene rings is 1. The summed E-state index contributed by atoms with van der Waals surface area (Å²) in [6, 6.07) is 5.52. The summed E-state index contributed by atoms with van der Waals surface area (Å²) in [5, 5.41) is 4.03. The molecule has 6 heteroatoms. The standard InChI is InChI=1S/C13H19ClN2O2S/c1-9-4-3-5-12(9)15-13-8-10(6-7-11(13)14)16-19(2,17)18/h6-9,12,15-16H,3-5H2,1-2H3. The largest absolute Gasteiger partial charge is 0.381 e. The summed E-state index contributed by atoms with van der Waals surface area (Å²) in [5.74, 6) is 0.614. The molecule has 2 N–H and O–H groups in total. The molecule has 2 rings (SSSR count). The highest BCUT2D eigenvalue weighted by Crippen LogP contribution is 2.32. The van der Waals surface area contributed by atoms with E-state index >= 15 is 0 Å². The molecule has 0 aromatic heterocycles. The molecular weight excluding hydrogens is 284 g/mol. The zero-order valence-corrected chi connectivity index (χ0v) is 12.7. The fourth-order valence-electron chi connectivity index (χ4n) is 2.47. The van der Waals surface area contributed by atoms with Gasteiger partial charge in [-0.1, -0.05) is 24.9 Å². The van der Waals surface area contributed by atoms with Crippen LogP contribution in [0.2, 0.25) is 5.02 Å². The van der Waals surface area contributed by atoms with Crippen molar-refractivity contribution >= 4 is 33.0 Å². The van der Waals surface area contributed by atoms with Gasteiger partial charge in [-0.25, -0.2) is 8.42 Å². The van der Waals surface area contributed by atoms with Crippen molar-refractivity contribution in [2.45, 2.75) is 32.2 Å². The highest BCUT2D eigenvalue weighted by Gasteiger charge is 2.23. The fraction of sp³-hybridized carbons (Fsp3) is 0.538. The molecule has 1 aliphatic rings. The molecule has 2 unspecified atom stereocenters. The van der Waals surface area contributed by atoms with Gasteiger partial charge >= 0.3 is 0 Å². The van der Waals surface area contributed by atoms with Gasteiger partial charge in [0.25, 0.3) is 0 Å². The molecule has 19 heavy (non-hydrogen) atoms. The maximum atomic E-state index is 11.2. The minimum Gasteiger partial charge on any atom is -0.381 e. The van der Waals surface area contributed by atoms with E-state index in [1.54, 1.807) is 18.2 Å². The first-order chi connectivity index (χ1) is 8.85. The van der Waals surface area contributed by atoms with Gasteiger partial charge in [0.1, 0.15) is 0 Å². The van der Waals surface area contributed by atoms with Crippen molar-refractivity contribution in [3.05, 3.63) is 23.2 Å². The molecule has 0 bridgehead atoms. The SMILES string of the molecule is CC1CCCC1Nc1cc(NS(C)(=O)=O)ccc1Cl. The Morgan fingerprint density at radius 1 is 1.32 bits per heavy atom. The van der Waals surface area contributed by atoms with E-state index in [2.05, 4.69) is 17.0 Å². The van der Waals surface area contributed by atoms with Crippen LogP contribution in [0.4, 0.5) is 11.4 Å². The van der Waals surface area contributed by atoms with Gasteiger partial charge in [0.2, 0.25) is 10.0 Å². The van der Waals surface area contributed by atoms with Crippen LogP contribution in [-0.4, -0.2) is 20.7 Å². The predicted molar refractivity (Wildman–Crippen MR) is 80.3 cm³/mol. The van der Waals surface area contributed by atoms with Crippen molar-refractivity contribution < 1.29 is 8.42 Å². The van der Waals surface area contributed by atoms with Crippen LogP contribution >= 0.6 is 11.6 Å². The summed E-state index contributed by atoms with van der Waals surface area (Å²) >= 11 is 6.15. The minimum absolute atomic E-state index is 0.408. The van der Waals surface area contributed by atoms with Crippen molar-refractivity contribution in [2.75, 3.05) is 16.3 Å². The predicted octanol–water partition coefficient (Wildman–Crippen LogP) is 3.31. The van der Waals surface area contributed by atoms with E-state index in [0.29, 0.717) is 22.7 Å². The summed E-state index contributed by atoms with van der Waals surface area (Å²) in [4.78, 5) is 0. The second-order valence-electron chi connectivity index (χ2n) is 5.23. The second-order valence-corrected chi connectivity index (χ2v) is 7.38. The van der Waals surface area contributed by atoms with Crippen molar-refractivity contribution in [1.82, 2.24) is 0 Å². The normalized spacial score (nSPS) is 23.3. The average Bonchev–Trinajstić information content (AvgIpc) is 2.67. The van der Waals surface area contributed by atoms with Gasteiger partial charge in [-0.2, -0.15) is 0 Å². The summed E-state index contributed by atoms with van der Waals surface area (Å²) in [6.07, 6.45) is 4.70. The van der Waals surface area contributed by atoms with Gasteiger partial charge in [-0.05, 0) is 37.0 Å². The molecule has 1 aromatic rings. The second kappa shape index (κ2) is 5.59. The molecule has 0 radical (unpaired) electrons. The molecular formula is C13H19ClN2O2S. The Bertz CT molecular complexity index is 560. The Balaban J connectivity index is 2.17. The van der Waals surface area contributed by atoms with Gasteiger partial charge in [-0.15, -0.1) is 0 Å². The van der Waals surface area contributed by atoms with Gasteiger partial charge < -0.3 is 5.32 Å². The van der Waals surface area contributed by atoms with E-state index in [4.69, 9.17) is 11.6 Å². The number of rotatable bonds is 4. The van der Waals surface area contributed by atoms with Crippen molar-refractivity contribution in [3.8, 4) is 0 Å². The number of hydrogen-bond donors (Lipinski definition) is 2. The van der Waals surface area contributed by atoms with Crippen LogP contribution in [0.5, 0.6) is 0 Å². The third-order valence-corrected chi connectivity index (χ3v) is 4.41. The molecule has 1 fully saturated rings. The first-order valence-corrected chi connectivity index (χ1v) is 8.66. The van der Waals surface area contributed by atoms with E-state index in [-0.39, 0.29) is 0 Å². The number of halogens is 1. The Morgan fingerprint density at radius 3 is 2.63 bits per heavy atom. The number of nitrogens with one attached hydrogen (secondary N) is 2. The number of sulfonamides is 1. The third kappa shape index (κ3) is 4.01. The van der Waals surface area contributed by atoms with Crippen LogP contribution < -0.4 is 10.0 Å². The van der Waals surface area contributed by atoms with Gasteiger partial charge in [-0.3, -0.25) is 4.72 Å². The smallest absolute Gasteiger partial charge is 0.229 e. The van der Waals surface area contributed by atoms with Gasteiger partial charge in [0, 0.05) is 6.04 Å².